The quantitative estimate of drug-likeness (QED) is 0.759. The highest BCUT2D eigenvalue weighted by atomic mass is 32.2. The summed E-state index contributed by atoms with van der Waals surface area (Å²) in [6.45, 7) is 1.10. The smallest absolute Gasteiger partial charge is 0.255 e. The van der Waals surface area contributed by atoms with Crippen molar-refractivity contribution in [2.24, 2.45) is 0 Å². The normalized spacial score (nSPS) is 20.0. The highest BCUT2D eigenvalue weighted by Gasteiger charge is 2.43. The molecule has 1 aromatic heterocycles. The third kappa shape index (κ3) is 4.49. The molecule has 0 saturated carbocycles. The van der Waals surface area contributed by atoms with Crippen LogP contribution >= 0.6 is 0 Å². The van der Waals surface area contributed by atoms with Crippen LogP contribution in [0.4, 0.5) is 0 Å². The van der Waals surface area contributed by atoms with E-state index >= 15 is 0 Å². The molecule has 1 fully saturated rings. The first-order chi connectivity index (χ1) is 13.0. The molecule has 2 heterocycles. The van der Waals surface area contributed by atoms with Gasteiger partial charge in [0.05, 0.1) is 28.4 Å². The lowest BCUT2D eigenvalue weighted by Crippen LogP contribution is -2.51. The highest BCUT2D eigenvalue weighted by molar-refractivity contribution is 7.89. The number of amides is 1. The van der Waals surface area contributed by atoms with E-state index in [4.69, 9.17) is 4.74 Å². The van der Waals surface area contributed by atoms with Crippen LogP contribution in [-0.4, -0.2) is 61.8 Å². The van der Waals surface area contributed by atoms with Gasteiger partial charge in [-0.2, -0.15) is 10.2 Å². The van der Waals surface area contributed by atoms with Crippen molar-refractivity contribution in [1.29, 1.82) is 0 Å². The largest absolute Gasteiger partial charge is 0.385 e. The molecule has 2 aromatic rings. The van der Waals surface area contributed by atoms with Crippen molar-refractivity contribution in [2.45, 2.75) is 23.3 Å². The Morgan fingerprint density at radius 3 is 2.70 bits per heavy atom. The van der Waals surface area contributed by atoms with Gasteiger partial charge in [-0.25, -0.2) is 13.1 Å². The number of carbonyl (C=O) groups excluding carboxylic acids is 1. The fourth-order valence-corrected chi connectivity index (χ4v) is 4.70. The number of carbonyl (C=O) groups is 1. The summed E-state index contributed by atoms with van der Waals surface area (Å²) in [6.07, 6.45) is 3.84. The van der Waals surface area contributed by atoms with Gasteiger partial charge in [-0.1, -0.05) is 18.2 Å². The van der Waals surface area contributed by atoms with Crippen molar-refractivity contribution in [3.8, 4) is 0 Å². The number of nitrogens with zero attached hydrogens (tertiary/aromatic N) is 3. The van der Waals surface area contributed by atoms with Crippen molar-refractivity contribution in [2.75, 3.05) is 26.8 Å². The maximum atomic E-state index is 12.8. The summed E-state index contributed by atoms with van der Waals surface area (Å²) in [5.74, 6) is -0.192. The molecule has 27 heavy (non-hydrogen) atoms. The van der Waals surface area contributed by atoms with E-state index in [9.17, 15) is 13.2 Å². The molecule has 9 heteroatoms. The predicted molar refractivity (Wildman–Crippen MR) is 98.5 cm³/mol. The van der Waals surface area contributed by atoms with Gasteiger partial charge in [0.1, 0.15) is 0 Å². The number of sulfonamides is 1. The number of methoxy groups -OCH3 is 1. The topological polar surface area (TPSA) is 101 Å². The minimum Gasteiger partial charge on any atom is -0.385 e. The van der Waals surface area contributed by atoms with E-state index in [-0.39, 0.29) is 17.3 Å². The summed E-state index contributed by atoms with van der Waals surface area (Å²) in [5.41, 5.74) is -0.348. The molecule has 1 N–H and O–H groups in total. The summed E-state index contributed by atoms with van der Waals surface area (Å²) in [7, 11) is -2.14. The lowest BCUT2D eigenvalue weighted by Gasteiger charge is -2.30. The number of hydrogen-bond donors (Lipinski definition) is 1. The molecule has 0 radical (unpaired) electrons. The van der Waals surface area contributed by atoms with Gasteiger partial charge in [-0.05, 0) is 31.0 Å². The molecule has 8 nitrogen and oxygen atoms in total. The maximum absolute atomic E-state index is 12.8. The van der Waals surface area contributed by atoms with Crippen molar-refractivity contribution in [1.82, 2.24) is 19.8 Å². The fraction of sp³-hybridized carbons (Fsp3) is 0.389. The van der Waals surface area contributed by atoms with Gasteiger partial charge in [0.25, 0.3) is 5.91 Å². The van der Waals surface area contributed by atoms with E-state index in [2.05, 4.69) is 14.9 Å². The number of ether oxygens (including phenoxy) is 1. The van der Waals surface area contributed by atoms with Crippen LogP contribution in [0.2, 0.25) is 0 Å². The molecule has 1 aromatic carbocycles. The first-order valence-electron chi connectivity index (χ1n) is 8.60. The fourth-order valence-electron chi connectivity index (χ4n) is 3.22. The second-order valence-electron chi connectivity index (χ2n) is 6.55. The van der Waals surface area contributed by atoms with Crippen LogP contribution in [0.15, 0.2) is 53.7 Å². The first-order valence-corrected chi connectivity index (χ1v) is 10.1. The molecule has 144 valence electrons. The van der Waals surface area contributed by atoms with Crippen LogP contribution in [0.5, 0.6) is 0 Å². The number of benzene rings is 1. The summed E-state index contributed by atoms with van der Waals surface area (Å²) < 4.78 is 33.7. The lowest BCUT2D eigenvalue weighted by atomic mass is 9.96. The average Bonchev–Trinajstić information content (AvgIpc) is 3.10. The molecule has 1 atom stereocenters. The number of aromatic nitrogens is 2. The predicted octanol–water partition coefficient (Wildman–Crippen LogP) is 1.08. The number of rotatable bonds is 7. The van der Waals surface area contributed by atoms with Gasteiger partial charge >= 0.3 is 0 Å². The zero-order valence-corrected chi connectivity index (χ0v) is 15.9. The Labute approximate surface area is 158 Å². The Kier molecular flexibility index (Phi) is 5.83. The zero-order chi connectivity index (χ0) is 19.3. The van der Waals surface area contributed by atoms with Gasteiger partial charge in [0, 0.05) is 26.8 Å². The molecule has 1 saturated heterocycles. The number of nitrogens with one attached hydrogen (secondary N) is 1. The molecule has 0 bridgehead atoms. The second kappa shape index (κ2) is 8.12. The molecule has 0 aliphatic carbocycles. The standard InChI is InChI=1S/C18H22N4O4S/c1-26-12-9-18(21-27(24,25)16-5-3-2-4-6-16)8-11-22(14-18)17(23)15-7-10-19-20-13-15/h2-7,10,13,21H,8-9,11-12,14H2,1H3. The van der Waals surface area contributed by atoms with Crippen molar-refractivity contribution >= 4 is 15.9 Å². The van der Waals surface area contributed by atoms with E-state index in [1.807, 2.05) is 0 Å². The Balaban J connectivity index is 1.81. The Bertz CT molecular complexity index is 877. The molecular weight excluding hydrogens is 368 g/mol. The van der Waals surface area contributed by atoms with E-state index in [0.717, 1.165) is 0 Å². The minimum atomic E-state index is -3.71. The van der Waals surface area contributed by atoms with Crippen LogP contribution in [0.1, 0.15) is 23.2 Å². The van der Waals surface area contributed by atoms with E-state index in [0.29, 0.717) is 31.6 Å². The number of likely N-dealkylation sites (tertiary alicyclic amines) is 1. The summed E-state index contributed by atoms with van der Waals surface area (Å²) >= 11 is 0. The van der Waals surface area contributed by atoms with Gasteiger partial charge < -0.3 is 9.64 Å². The Morgan fingerprint density at radius 1 is 1.26 bits per heavy atom. The molecule has 0 spiro atoms. The van der Waals surface area contributed by atoms with Gasteiger partial charge in [-0.3, -0.25) is 4.79 Å². The van der Waals surface area contributed by atoms with Gasteiger partial charge in [-0.15, -0.1) is 0 Å². The highest BCUT2D eigenvalue weighted by Crippen LogP contribution is 2.28. The van der Waals surface area contributed by atoms with Crippen LogP contribution in [-0.2, 0) is 14.8 Å². The van der Waals surface area contributed by atoms with Crippen molar-refractivity contribution in [3.63, 3.8) is 0 Å². The van der Waals surface area contributed by atoms with Crippen LogP contribution in [0, 0.1) is 0 Å². The zero-order valence-electron chi connectivity index (χ0n) is 15.0. The molecule has 1 unspecified atom stereocenters. The second-order valence-corrected chi connectivity index (χ2v) is 8.23. The number of hydrogen-bond acceptors (Lipinski definition) is 6. The maximum Gasteiger partial charge on any atom is 0.255 e. The summed E-state index contributed by atoms with van der Waals surface area (Å²) in [4.78, 5) is 14.5. The lowest BCUT2D eigenvalue weighted by molar-refractivity contribution is 0.0774. The van der Waals surface area contributed by atoms with Gasteiger partial charge in [0.15, 0.2) is 0 Å². The molecular formula is C18H22N4O4S. The van der Waals surface area contributed by atoms with Crippen molar-refractivity contribution < 1.29 is 17.9 Å². The molecule has 1 amide bonds. The van der Waals surface area contributed by atoms with Crippen LogP contribution < -0.4 is 4.72 Å². The third-order valence-corrected chi connectivity index (χ3v) is 6.26. The summed E-state index contributed by atoms with van der Waals surface area (Å²) in [5, 5.41) is 7.41. The molecule has 3 rings (SSSR count). The third-order valence-electron chi connectivity index (χ3n) is 4.66. The van der Waals surface area contributed by atoms with E-state index in [1.54, 1.807) is 48.4 Å². The SMILES string of the molecule is COCCC1(NS(=O)(=O)c2ccccc2)CCN(C(=O)c2ccnnc2)C1. The minimum absolute atomic E-state index is 0.192. The van der Waals surface area contributed by atoms with E-state index in [1.165, 1.54) is 12.4 Å². The average molecular weight is 390 g/mol. The van der Waals surface area contributed by atoms with Crippen LogP contribution in [0.25, 0.3) is 0 Å². The van der Waals surface area contributed by atoms with Crippen molar-refractivity contribution in [3.05, 3.63) is 54.4 Å². The molecule has 1 aliphatic heterocycles. The monoisotopic (exact) mass is 390 g/mol. The van der Waals surface area contributed by atoms with Gasteiger partial charge in [0.2, 0.25) is 10.0 Å². The molecule has 1 aliphatic rings. The Morgan fingerprint density at radius 2 is 2.04 bits per heavy atom. The summed E-state index contributed by atoms with van der Waals surface area (Å²) in [6, 6.07) is 9.81. The Hall–Kier alpha value is -2.36. The first kappa shape index (κ1) is 19.4. The van der Waals surface area contributed by atoms with E-state index < -0.39 is 15.6 Å². The van der Waals surface area contributed by atoms with Crippen LogP contribution in [0.3, 0.4) is 0 Å².